The smallest absolute Gasteiger partial charge is 0.0459 e. The molecule has 1 rings (SSSR count). The van der Waals surface area contributed by atoms with Crippen molar-refractivity contribution in [3.05, 3.63) is 28.8 Å². The fourth-order valence-electron chi connectivity index (χ4n) is 1.81. The topological polar surface area (TPSA) is 29.3 Å². The van der Waals surface area contributed by atoms with Crippen molar-refractivity contribution in [3.63, 3.8) is 0 Å². The maximum Gasteiger partial charge on any atom is 0.0459 e. The molecule has 2 N–H and O–H groups in total. The van der Waals surface area contributed by atoms with Crippen molar-refractivity contribution in [3.8, 4) is 0 Å². The lowest BCUT2D eigenvalue weighted by molar-refractivity contribution is 0.762. The SMILES string of the molecule is CCCCN(C)c1cccc(Cl)c1CCN. The molecule has 0 saturated heterocycles. The second-order valence-electron chi connectivity index (χ2n) is 4.05. The molecule has 0 spiro atoms. The van der Waals surface area contributed by atoms with E-state index in [4.69, 9.17) is 17.3 Å². The first-order valence-electron chi connectivity index (χ1n) is 5.89. The van der Waals surface area contributed by atoms with Gasteiger partial charge >= 0.3 is 0 Å². The number of halogens is 1. The molecule has 3 heteroatoms. The molecule has 0 bridgehead atoms. The molecule has 0 heterocycles. The molecule has 0 aliphatic rings. The Labute approximate surface area is 103 Å². The number of hydrogen-bond acceptors (Lipinski definition) is 2. The van der Waals surface area contributed by atoms with Crippen LogP contribution >= 0.6 is 11.6 Å². The fourth-order valence-corrected chi connectivity index (χ4v) is 2.08. The zero-order chi connectivity index (χ0) is 12.0. The fraction of sp³-hybridized carbons (Fsp3) is 0.538. The minimum atomic E-state index is 0.637. The summed E-state index contributed by atoms with van der Waals surface area (Å²) in [6.45, 7) is 3.90. The summed E-state index contributed by atoms with van der Waals surface area (Å²) in [5.74, 6) is 0. The zero-order valence-electron chi connectivity index (χ0n) is 10.2. The van der Waals surface area contributed by atoms with Crippen molar-refractivity contribution in [2.24, 2.45) is 5.73 Å². The number of nitrogens with two attached hydrogens (primary N) is 1. The normalized spacial score (nSPS) is 10.5. The molecule has 0 radical (unpaired) electrons. The molecule has 0 atom stereocenters. The standard InChI is InChI=1S/C13H21ClN2/c1-3-4-10-16(2)13-7-5-6-12(14)11(13)8-9-15/h5-7H,3-4,8-10,15H2,1-2H3. The van der Waals surface area contributed by atoms with E-state index in [0.29, 0.717) is 6.54 Å². The molecule has 0 fully saturated rings. The number of hydrogen-bond donors (Lipinski definition) is 1. The number of rotatable bonds is 6. The molecule has 1 aromatic rings. The largest absolute Gasteiger partial charge is 0.374 e. The maximum atomic E-state index is 6.20. The first kappa shape index (κ1) is 13.3. The average molecular weight is 241 g/mol. The van der Waals surface area contributed by atoms with E-state index >= 15 is 0 Å². The number of anilines is 1. The summed E-state index contributed by atoms with van der Waals surface area (Å²) < 4.78 is 0. The second kappa shape index (κ2) is 6.77. The highest BCUT2D eigenvalue weighted by Crippen LogP contribution is 2.27. The Kier molecular flexibility index (Phi) is 5.64. The summed E-state index contributed by atoms with van der Waals surface area (Å²) in [4.78, 5) is 2.26. The predicted octanol–water partition coefficient (Wildman–Crippen LogP) is 3.08. The molecule has 0 aliphatic carbocycles. The molecule has 0 amide bonds. The third-order valence-electron chi connectivity index (χ3n) is 2.75. The van der Waals surface area contributed by atoms with E-state index < -0.39 is 0 Å². The van der Waals surface area contributed by atoms with Gasteiger partial charge in [-0.15, -0.1) is 0 Å². The van der Waals surface area contributed by atoms with Crippen LogP contribution in [0.2, 0.25) is 5.02 Å². The van der Waals surface area contributed by atoms with Crippen LogP contribution in [0.1, 0.15) is 25.3 Å². The van der Waals surface area contributed by atoms with Gasteiger partial charge in [-0.3, -0.25) is 0 Å². The van der Waals surface area contributed by atoms with Crippen LogP contribution in [-0.2, 0) is 6.42 Å². The van der Waals surface area contributed by atoms with Gasteiger partial charge in [-0.2, -0.15) is 0 Å². The van der Waals surface area contributed by atoms with Crippen LogP contribution in [-0.4, -0.2) is 20.1 Å². The molecule has 2 nitrogen and oxygen atoms in total. The third-order valence-corrected chi connectivity index (χ3v) is 3.10. The molecule has 0 saturated carbocycles. The summed E-state index contributed by atoms with van der Waals surface area (Å²) >= 11 is 6.20. The van der Waals surface area contributed by atoms with Crippen molar-refractivity contribution in [2.45, 2.75) is 26.2 Å². The van der Waals surface area contributed by atoms with Gasteiger partial charge in [-0.05, 0) is 37.1 Å². The van der Waals surface area contributed by atoms with Crippen molar-refractivity contribution in [1.29, 1.82) is 0 Å². The highest BCUT2D eigenvalue weighted by molar-refractivity contribution is 6.31. The predicted molar refractivity (Wildman–Crippen MR) is 72.4 cm³/mol. The van der Waals surface area contributed by atoms with Crippen LogP contribution in [0.25, 0.3) is 0 Å². The molecule has 16 heavy (non-hydrogen) atoms. The molecule has 0 aromatic heterocycles. The summed E-state index contributed by atoms with van der Waals surface area (Å²) in [5, 5.41) is 0.825. The van der Waals surface area contributed by atoms with E-state index in [9.17, 15) is 0 Å². The zero-order valence-corrected chi connectivity index (χ0v) is 10.9. The van der Waals surface area contributed by atoms with Gasteiger partial charge in [0.15, 0.2) is 0 Å². The lowest BCUT2D eigenvalue weighted by Gasteiger charge is -2.23. The highest BCUT2D eigenvalue weighted by atomic mass is 35.5. The Morgan fingerprint density at radius 2 is 2.12 bits per heavy atom. The van der Waals surface area contributed by atoms with Gasteiger partial charge in [0, 0.05) is 24.3 Å². The summed E-state index contributed by atoms with van der Waals surface area (Å²) in [6.07, 6.45) is 3.24. The molecular weight excluding hydrogens is 220 g/mol. The van der Waals surface area contributed by atoms with Crippen LogP contribution in [0.5, 0.6) is 0 Å². The van der Waals surface area contributed by atoms with E-state index in [-0.39, 0.29) is 0 Å². The Bertz CT molecular complexity index is 326. The number of nitrogens with zero attached hydrogens (tertiary/aromatic N) is 1. The van der Waals surface area contributed by atoms with Gasteiger partial charge in [0.2, 0.25) is 0 Å². The van der Waals surface area contributed by atoms with Gasteiger partial charge in [-0.1, -0.05) is 31.0 Å². The Hall–Kier alpha value is -0.730. The third kappa shape index (κ3) is 3.39. The van der Waals surface area contributed by atoms with Crippen LogP contribution in [0, 0.1) is 0 Å². The van der Waals surface area contributed by atoms with Crippen molar-refractivity contribution >= 4 is 17.3 Å². The molecular formula is C13H21ClN2. The van der Waals surface area contributed by atoms with Gasteiger partial charge in [0.05, 0.1) is 0 Å². The van der Waals surface area contributed by atoms with E-state index in [2.05, 4.69) is 24.9 Å². The molecule has 0 unspecified atom stereocenters. The Morgan fingerprint density at radius 1 is 1.38 bits per heavy atom. The number of unbranched alkanes of at least 4 members (excludes halogenated alkanes) is 1. The van der Waals surface area contributed by atoms with Gasteiger partial charge in [0.1, 0.15) is 0 Å². The molecule has 0 aliphatic heterocycles. The van der Waals surface area contributed by atoms with Crippen molar-refractivity contribution in [2.75, 3.05) is 25.0 Å². The van der Waals surface area contributed by atoms with Gasteiger partial charge < -0.3 is 10.6 Å². The minimum absolute atomic E-state index is 0.637. The van der Waals surface area contributed by atoms with E-state index in [0.717, 1.165) is 18.0 Å². The molecule has 90 valence electrons. The lowest BCUT2D eigenvalue weighted by Crippen LogP contribution is -2.20. The second-order valence-corrected chi connectivity index (χ2v) is 4.46. The Balaban J connectivity index is 2.88. The first-order chi connectivity index (χ1) is 7.70. The summed E-state index contributed by atoms with van der Waals surface area (Å²) in [6, 6.07) is 6.05. The van der Waals surface area contributed by atoms with Crippen molar-refractivity contribution in [1.82, 2.24) is 0 Å². The van der Waals surface area contributed by atoms with Crippen LogP contribution in [0.4, 0.5) is 5.69 Å². The van der Waals surface area contributed by atoms with E-state index in [1.807, 2.05) is 12.1 Å². The summed E-state index contributed by atoms with van der Waals surface area (Å²) in [7, 11) is 2.11. The Morgan fingerprint density at radius 3 is 2.75 bits per heavy atom. The number of benzene rings is 1. The first-order valence-corrected chi connectivity index (χ1v) is 6.27. The van der Waals surface area contributed by atoms with Crippen LogP contribution in [0.15, 0.2) is 18.2 Å². The quantitative estimate of drug-likeness (QED) is 0.828. The van der Waals surface area contributed by atoms with Gasteiger partial charge in [-0.25, -0.2) is 0 Å². The molecule has 1 aromatic carbocycles. The van der Waals surface area contributed by atoms with Crippen LogP contribution < -0.4 is 10.6 Å². The monoisotopic (exact) mass is 240 g/mol. The minimum Gasteiger partial charge on any atom is -0.374 e. The van der Waals surface area contributed by atoms with Gasteiger partial charge in [0.25, 0.3) is 0 Å². The maximum absolute atomic E-state index is 6.20. The average Bonchev–Trinajstić information content (AvgIpc) is 2.29. The van der Waals surface area contributed by atoms with Crippen LogP contribution in [0.3, 0.4) is 0 Å². The lowest BCUT2D eigenvalue weighted by atomic mass is 10.1. The summed E-state index contributed by atoms with van der Waals surface area (Å²) in [5.41, 5.74) is 8.01. The highest BCUT2D eigenvalue weighted by Gasteiger charge is 2.09. The van der Waals surface area contributed by atoms with Crippen molar-refractivity contribution < 1.29 is 0 Å². The van der Waals surface area contributed by atoms with E-state index in [1.165, 1.54) is 24.1 Å². The van der Waals surface area contributed by atoms with E-state index in [1.54, 1.807) is 0 Å².